The zero-order chi connectivity index (χ0) is 18.2. The number of halogens is 3. The number of aryl methyl sites for hydroxylation is 1. The van der Waals surface area contributed by atoms with Gasteiger partial charge in [0.2, 0.25) is 17.7 Å². The summed E-state index contributed by atoms with van der Waals surface area (Å²) in [4.78, 5) is 24.8. The lowest BCUT2D eigenvalue weighted by atomic mass is 9.97. The highest BCUT2D eigenvalue weighted by atomic mass is 19.4. The SMILES string of the molecule is CC(=O)NC1(c2noc(C)n2)CCN(c2nccc(C(F)(F)F)n2)C1. The molecule has 1 aliphatic rings. The molecule has 0 saturated carbocycles. The summed E-state index contributed by atoms with van der Waals surface area (Å²) in [5, 5.41) is 6.65. The number of alkyl halides is 3. The van der Waals surface area contributed by atoms with Gasteiger partial charge in [-0.25, -0.2) is 9.97 Å². The predicted molar refractivity (Wildman–Crippen MR) is 78.4 cm³/mol. The fourth-order valence-electron chi connectivity index (χ4n) is 2.81. The molecule has 0 radical (unpaired) electrons. The number of hydrogen-bond acceptors (Lipinski definition) is 7. The van der Waals surface area contributed by atoms with Gasteiger partial charge in [-0.3, -0.25) is 4.79 Å². The van der Waals surface area contributed by atoms with Gasteiger partial charge in [0.25, 0.3) is 0 Å². The van der Waals surface area contributed by atoms with Crippen LogP contribution >= 0.6 is 0 Å². The molecule has 25 heavy (non-hydrogen) atoms. The first kappa shape index (κ1) is 17.1. The minimum atomic E-state index is -4.56. The number of nitrogens with zero attached hydrogens (tertiary/aromatic N) is 5. The molecule has 8 nitrogen and oxygen atoms in total. The van der Waals surface area contributed by atoms with Gasteiger partial charge in [-0.15, -0.1) is 0 Å². The van der Waals surface area contributed by atoms with E-state index < -0.39 is 17.4 Å². The summed E-state index contributed by atoms with van der Waals surface area (Å²) >= 11 is 0. The smallest absolute Gasteiger partial charge is 0.342 e. The van der Waals surface area contributed by atoms with Crippen LogP contribution in [0.2, 0.25) is 0 Å². The molecule has 1 N–H and O–H groups in total. The normalized spacial score (nSPS) is 20.8. The fraction of sp³-hybridized carbons (Fsp3) is 0.500. The van der Waals surface area contributed by atoms with Crippen molar-refractivity contribution in [3.8, 4) is 0 Å². The van der Waals surface area contributed by atoms with Gasteiger partial charge >= 0.3 is 6.18 Å². The van der Waals surface area contributed by atoms with E-state index in [0.29, 0.717) is 18.9 Å². The van der Waals surface area contributed by atoms with Crippen molar-refractivity contribution < 1.29 is 22.5 Å². The summed E-state index contributed by atoms with van der Waals surface area (Å²) in [7, 11) is 0. The fourth-order valence-corrected chi connectivity index (χ4v) is 2.81. The van der Waals surface area contributed by atoms with E-state index in [1.54, 1.807) is 11.8 Å². The first-order chi connectivity index (χ1) is 11.7. The molecule has 1 saturated heterocycles. The van der Waals surface area contributed by atoms with Crippen LogP contribution in [0.15, 0.2) is 16.8 Å². The maximum Gasteiger partial charge on any atom is 0.433 e. The number of carbonyl (C=O) groups excluding carboxylic acids is 1. The topological polar surface area (TPSA) is 97.0 Å². The van der Waals surface area contributed by atoms with Gasteiger partial charge in [-0.2, -0.15) is 18.2 Å². The van der Waals surface area contributed by atoms with E-state index in [1.807, 2.05) is 0 Å². The highest BCUT2D eigenvalue weighted by molar-refractivity contribution is 5.74. The van der Waals surface area contributed by atoms with Crippen LogP contribution in [0, 0.1) is 6.92 Å². The van der Waals surface area contributed by atoms with Gasteiger partial charge in [-0.1, -0.05) is 5.16 Å². The Morgan fingerprint density at radius 1 is 1.40 bits per heavy atom. The molecular formula is C14H15F3N6O2. The van der Waals surface area contributed by atoms with Gasteiger partial charge in [0.1, 0.15) is 11.2 Å². The number of nitrogens with one attached hydrogen (secondary N) is 1. The monoisotopic (exact) mass is 356 g/mol. The zero-order valence-corrected chi connectivity index (χ0v) is 13.5. The van der Waals surface area contributed by atoms with Crippen molar-refractivity contribution >= 4 is 11.9 Å². The van der Waals surface area contributed by atoms with Crippen LogP contribution < -0.4 is 10.2 Å². The van der Waals surface area contributed by atoms with Gasteiger partial charge in [0.15, 0.2) is 5.82 Å². The molecule has 1 aliphatic heterocycles. The van der Waals surface area contributed by atoms with Crippen LogP contribution in [-0.4, -0.2) is 39.1 Å². The van der Waals surface area contributed by atoms with Gasteiger partial charge in [-0.05, 0) is 12.5 Å². The second-order valence-corrected chi connectivity index (χ2v) is 5.81. The van der Waals surface area contributed by atoms with Gasteiger partial charge < -0.3 is 14.7 Å². The number of aromatic nitrogens is 4. The third kappa shape index (κ3) is 3.39. The molecule has 0 bridgehead atoms. The molecule has 134 valence electrons. The van der Waals surface area contributed by atoms with Crippen LogP contribution in [0.1, 0.15) is 30.8 Å². The van der Waals surface area contributed by atoms with E-state index in [-0.39, 0.29) is 24.2 Å². The zero-order valence-electron chi connectivity index (χ0n) is 13.5. The molecule has 0 spiro atoms. The Kier molecular flexibility index (Phi) is 4.09. The number of hydrogen-bond donors (Lipinski definition) is 1. The lowest BCUT2D eigenvalue weighted by molar-refractivity contribution is -0.141. The Balaban J connectivity index is 1.91. The van der Waals surface area contributed by atoms with E-state index in [4.69, 9.17) is 4.52 Å². The summed E-state index contributed by atoms with van der Waals surface area (Å²) in [6, 6.07) is 0.809. The summed E-state index contributed by atoms with van der Waals surface area (Å²) < 4.78 is 43.5. The van der Waals surface area contributed by atoms with Crippen molar-refractivity contribution in [1.29, 1.82) is 0 Å². The average Bonchev–Trinajstić information content (AvgIpc) is 3.14. The maximum absolute atomic E-state index is 12.8. The van der Waals surface area contributed by atoms with Crippen LogP contribution in [0.5, 0.6) is 0 Å². The lowest BCUT2D eigenvalue weighted by Crippen LogP contribution is -2.48. The number of carbonyl (C=O) groups is 1. The van der Waals surface area contributed by atoms with Crippen molar-refractivity contribution in [3.63, 3.8) is 0 Å². The lowest BCUT2D eigenvalue weighted by Gasteiger charge is -2.26. The quantitative estimate of drug-likeness (QED) is 0.888. The van der Waals surface area contributed by atoms with E-state index >= 15 is 0 Å². The van der Waals surface area contributed by atoms with Crippen LogP contribution in [0.4, 0.5) is 19.1 Å². The highest BCUT2D eigenvalue weighted by Crippen LogP contribution is 2.33. The minimum absolute atomic E-state index is 0.0673. The van der Waals surface area contributed by atoms with E-state index in [2.05, 4.69) is 25.4 Å². The molecule has 0 aromatic carbocycles. The van der Waals surface area contributed by atoms with E-state index in [1.165, 1.54) is 6.92 Å². The van der Waals surface area contributed by atoms with Crippen molar-refractivity contribution in [1.82, 2.24) is 25.4 Å². The van der Waals surface area contributed by atoms with Crippen LogP contribution in [0.3, 0.4) is 0 Å². The molecule has 1 amide bonds. The predicted octanol–water partition coefficient (Wildman–Crippen LogP) is 1.43. The Morgan fingerprint density at radius 2 is 2.16 bits per heavy atom. The first-order valence-corrected chi connectivity index (χ1v) is 7.44. The third-order valence-corrected chi connectivity index (χ3v) is 3.86. The summed E-state index contributed by atoms with van der Waals surface area (Å²) in [5.41, 5.74) is -1.99. The van der Waals surface area contributed by atoms with Crippen molar-refractivity contribution in [2.24, 2.45) is 0 Å². The Bertz CT molecular complexity index is 793. The second-order valence-electron chi connectivity index (χ2n) is 5.81. The Hall–Kier alpha value is -2.72. The third-order valence-electron chi connectivity index (χ3n) is 3.86. The molecule has 2 aromatic heterocycles. The molecule has 1 unspecified atom stereocenters. The van der Waals surface area contributed by atoms with Crippen LogP contribution in [-0.2, 0) is 16.5 Å². The summed E-state index contributed by atoms with van der Waals surface area (Å²) in [5.74, 6) is 0.222. The van der Waals surface area contributed by atoms with Gasteiger partial charge in [0, 0.05) is 26.6 Å². The van der Waals surface area contributed by atoms with E-state index in [0.717, 1.165) is 12.3 Å². The molecule has 11 heteroatoms. The summed E-state index contributed by atoms with van der Waals surface area (Å²) in [6.45, 7) is 3.42. The number of amides is 1. The van der Waals surface area contributed by atoms with E-state index in [9.17, 15) is 18.0 Å². The number of anilines is 1. The molecule has 1 fully saturated rings. The van der Waals surface area contributed by atoms with Crippen LogP contribution in [0.25, 0.3) is 0 Å². The molecule has 1 atom stereocenters. The molecule has 3 heterocycles. The van der Waals surface area contributed by atoms with Crippen molar-refractivity contribution in [2.75, 3.05) is 18.0 Å². The minimum Gasteiger partial charge on any atom is -0.342 e. The van der Waals surface area contributed by atoms with Crippen molar-refractivity contribution in [2.45, 2.75) is 32.0 Å². The second kappa shape index (κ2) is 5.97. The molecular weight excluding hydrogens is 341 g/mol. The summed E-state index contributed by atoms with van der Waals surface area (Å²) in [6.07, 6.45) is -3.12. The Labute approximate surface area is 140 Å². The Morgan fingerprint density at radius 3 is 2.76 bits per heavy atom. The molecule has 0 aliphatic carbocycles. The largest absolute Gasteiger partial charge is 0.433 e. The van der Waals surface area contributed by atoms with Crippen molar-refractivity contribution in [3.05, 3.63) is 29.7 Å². The molecule has 2 aromatic rings. The number of rotatable bonds is 3. The standard InChI is InChI=1S/C14H15F3N6O2/c1-8(24)21-13(11-19-9(2)25-22-11)4-6-23(7-13)12-18-5-3-10(20-12)14(15,16)17/h3,5H,4,6-7H2,1-2H3,(H,21,24). The molecule has 3 rings (SSSR count). The maximum atomic E-state index is 12.8. The first-order valence-electron chi connectivity index (χ1n) is 7.44. The highest BCUT2D eigenvalue weighted by Gasteiger charge is 2.45. The van der Waals surface area contributed by atoms with Gasteiger partial charge in [0.05, 0.1) is 6.54 Å². The average molecular weight is 356 g/mol.